The predicted molar refractivity (Wildman–Crippen MR) is 75.6 cm³/mol. The van der Waals surface area contributed by atoms with Crippen LogP contribution in [0.2, 0.25) is 0 Å². The Morgan fingerprint density at radius 3 is 2.25 bits per heavy atom. The maximum absolute atomic E-state index is 3.46. The van der Waals surface area contributed by atoms with E-state index in [1.807, 2.05) is 24.3 Å². The second-order valence-electron chi connectivity index (χ2n) is 3.49. The monoisotopic (exact) mass is 339 g/mol. The minimum atomic E-state index is 0.829. The molecule has 3 heteroatoms. The molecule has 2 aromatic carbocycles. The quantitative estimate of drug-likeness (QED) is 0.844. The van der Waals surface area contributed by atoms with Crippen LogP contribution >= 0.6 is 31.9 Å². The SMILES string of the molecule is Brc1cccc(CNc2cccc(Br)c2)c1. The third-order valence-electron chi connectivity index (χ3n) is 2.21. The van der Waals surface area contributed by atoms with Crippen molar-refractivity contribution < 1.29 is 0 Å². The highest BCUT2D eigenvalue weighted by Crippen LogP contribution is 2.17. The van der Waals surface area contributed by atoms with Crippen molar-refractivity contribution in [3.63, 3.8) is 0 Å². The van der Waals surface area contributed by atoms with E-state index >= 15 is 0 Å². The summed E-state index contributed by atoms with van der Waals surface area (Å²) in [6, 6.07) is 16.5. The summed E-state index contributed by atoms with van der Waals surface area (Å²) in [5.41, 5.74) is 2.38. The van der Waals surface area contributed by atoms with E-state index in [-0.39, 0.29) is 0 Å². The van der Waals surface area contributed by atoms with Crippen LogP contribution in [0, 0.1) is 0 Å². The van der Waals surface area contributed by atoms with Crippen LogP contribution in [0.25, 0.3) is 0 Å². The zero-order valence-corrected chi connectivity index (χ0v) is 11.8. The summed E-state index contributed by atoms with van der Waals surface area (Å²) in [6.07, 6.45) is 0. The van der Waals surface area contributed by atoms with Crippen LogP contribution in [0.5, 0.6) is 0 Å². The highest BCUT2D eigenvalue weighted by molar-refractivity contribution is 9.10. The van der Waals surface area contributed by atoms with Crippen molar-refractivity contribution in [1.29, 1.82) is 0 Å². The standard InChI is InChI=1S/C13H11Br2N/c14-11-4-1-3-10(7-11)9-16-13-6-2-5-12(15)8-13/h1-8,16H,9H2. The average Bonchev–Trinajstić information content (AvgIpc) is 2.27. The van der Waals surface area contributed by atoms with Crippen molar-refractivity contribution >= 4 is 37.5 Å². The average molecular weight is 341 g/mol. The zero-order valence-electron chi connectivity index (χ0n) is 8.58. The van der Waals surface area contributed by atoms with Crippen LogP contribution in [0.1, 0.15) is 5.56 Å². The third kappa shape index (κ3) is 3.35. The van der Waals surface area contributed by atoms with Gasteiger partial charge in [0.05, 0.1) is 0 Å². The largest absolute Gasteiger partial charge is 0.381 e. The Labute approximate surface area is 112 Å². The molecule has 0 amide bonds. The van der Waals surface area contributed by atoms with Gasteiger partial charge in [0.15, 0.2) is 0 Å². The van der Waals surface area contributed by atoms with E-state index in [0.29, 0.717) is 0 Å². The Balaban J connectivity index is 2.02. The summed E-state index contributed by atoms with van der Waals surface area (Å²) in [5.74, 6) is 0. The number of halogens is 2. The smallest absolute Gasteiger partial charge is 0.0401 e. The predicted octanol–water partition coefficient (Wildman–Crippen LogP) is 4.82. The number of hydrogen-bond donors (Lipinski definition) is 1. The van der Waals surface area contributed by atoms with Gasteiger partial charge in [-0.15, -0.1) is 0 Å². The maximum Gasteiger partial charge on any atom is 0.0401 e. The lowest BCUT2D eigenvalue weighted by atomic mass is 10.2. The lowest BCUT2D eigenvalue weighted by molar-refractivity contribution is 1.15. The number of hydrogen-bond acceptors (Lipinski definition) is 1. The maximum atomic E-state index is 3.46. The van der Waals surface area contributed by atoms with Gasteiger partial charge in [0.2, 0.25) is 0 Å². The highest BCUT2D eigenvalue weighted by atomic mass is 79.9. The molecule has 0 radical (unpaired) electrons. The molecule has 0 aliphatic heterocycles. The molecule has 0 saturated carbocycles. The summed E-state index contributed by atoms with van der Waals surface area (Å²) < 4.78 is 2.20. The Bertz CT molecular complexity index is 437. The highest BCUT2D eigenvalue weighted by Gasteiger charge is 1.95. The first kappa shape index (κ1) is 11.7. The number of benzene rings is 2. The zero-order chi connectivity index (χ0) is 11.4. The molecule has 16 heavy (non-hydrogen) atoms. The molecule has 0 atom stereocenters. The van der Waals surface area contributed by atoms with Gasteiger partial charge in [-0.25, -0.2) is 0 Å². The van der Waals surface area contributed by atoms with Gasteiger partial charge < -0.3 is 5.32 Å². The Hall–Kier alpha value is -0.800. The molecule has 0 saturated heterocycles. The molecule has 0 unspecified atom stereocenters. The molecule has 0 aliphatic rings. The van der Waals surface area contributed by atoms with Crippen LogP contribution in [0.15, 0.2) is 57.5 Å². The molecule has 1 N–H and O–H groups in total. The van der Waals surface area contributed by atoms with Gasteiger partial charge >= 0.3 is 0 Å². The second kappa shape index (κ2) is 5.51. The minimum Gasteiger partial charge on any atom is -0.381 e. The van der Waals surface area contributed by atoms with Crippen molar-refractivity contribution in [3.8, 4) is 0 Å². The van der Waals surface area contributed by atoms with E-state index in [9.17, 15) is 0 Å². The van der Waals surface area contributed by atoms with Gasteiger partial charge in [-0.3, -0.25) is 0 Å². The second-order valence-corrected chi connectivity index (χ2v) is 5.33. The molecule has 2 aromatic rings. The molecule has 0 bridgehead atoms. The van der Waals surface area contributed by atoms with Crippen molar-refractivity contribution in [2.75, 3.05) is 5.32 Å². The topological polar surface area (TPSA) is 12.0 Å². The van der Waals surface area contributed by atoms with Crippen LogP contribution in [0.3, 0.4) is 0 Å². The van der Waals surface area contributed by atoms with Crippen molar-refractivity contribution in [1.82, 2.24) is 0 Å². The van der Waals surface area contributed by atoms with E-state index in [2.05, 4.69) is 61.4 Å². The van der Waals surface area contributed by atoms with Gasteiger partial charge in [0.1, 0.15) is 0 Å². The fourth-order valence-corrected chi connectivity index (χ4v) is 2.30. The van der Waals surface area contributed by atoms with Crippen LogP contribution in [-0.4, -0.2) is 0 Å². The fourth-order valence-electron chi connectivity index (χ4n) is 1.45. The summed E-state index contributed by atoms with van der Waals surface area (Å²) in [4.78, 5) is 0. The van der Waals surface area contributed by atoms with Crippen molar-refractivity contribution in [2.24, 2.45) is 0 Å². The summed E-state index contributed by atoms with van der Waals surface area (Å²) >= 11 is 6.92. The van der Waals surface area contributed by atoms with Crippen LogP contribution in [-0.2, 0) is 6.54 Å². The van der Waals surface area contributed by atoms with Crippen molar-refractivity contribution in [2.45, 2.75) is 6.54 Å². The molecule has 0 aromatic heterocycles. The van der Waals surface area contributed by atoms with E-state index in [0.717, 1.165) is 21.2 Å². The molecule has 0 spiro atoms. The fraction of sp³-hybridized carbons (Fsp3) is 0.0769. The van der Waals surface area contributed by atoms with Gasteiger partial charge in [-0.1, -0.05) is 50.1 Å². The minimum absolute atomic E-state index is 0.829. The van der Waals surface area contributed by atoms with Crippen molar-refractivity contribution in [3.05, 3.63) is 63.0 Å². The lowest BCUT2D eigenvalue weighted by Gasteiger charge is -2.07. The molecule has 2 rings (SSSR count). The molecule has 1 nitrogen and oxygen atoms in total. The Morgan fingerprint density at radius 2 is 1.56 bits per heavy atom. The lowest BCUT2D eigenvalue weighted by Crippen LogP contribution is -1.98. The number of nitrogens with one attached hydrogen (secondary N) is 1. The van der Waals surface area contributed by atoms with E-state index < -0.39 is 0 Å². The Morgan fingerprint density at radius 1 is 0.875 bits per heavy atom. The van der Waals surface area contributed by atoms with E-state index in [1.165, 1.54) is 5.56 Å². The van der Waals surface area contributed by atoms with E-state index in [1.54, 1.807) is 0 Å². The first-order valence-corrected chi connectivity index (χ1v) is 6.56. The molecular formula is C13H11Br2N. The summed E-state index contributed by atoms with van der Waals surface area (Å²) in [5, 5.41) is 3.38. The molecule has 82 valence electrons. The normalized spacial score (nSPS) is 10.1. The first-order chi connectivity index (χ1) is 7.74. The summed E-state index contributed by atoms with van der Waals surface area (Å²) in [7, 11) is 0. The van der Waals surface area contributed by atoms with Crippen LogP contribution < -0.4 is 5.32 Å². The molecule has 0 aliphatic carbocycles. The van der Waals surface area contributed by atoms with Gasteiger partial charge in [0.25, 0.3) is 0 Å². The molecule has 0 heterocycles. The van der Waals surface area contributed by atoms with Gasteiger partial charge in [-0.05, 0) is 35.9 Å². The number of rotatable bonds is 3. The molecule has 0 fully saturated rings. The van der Waals surface area contributed by atoms with E-state index in [4.69, 9.17) is 0 Å². The third-order valence-corrected chi connectivity index (χ3v) is 3.20. The summed E-state index contributed by atoms with van der Waals surface area (Å²) in [6.45, 7) is 0.829. The number of anilines is 1. The van der Waals surface area contributed by atoms with Gasteiger partial charge in [-0.2, -0.15) is 0 Å². The molecular weight excluding hydrogens is 330 g/mol. The first-order valence-electron chi connectivity index (χ1n) is 4.98. The Kier molecular flexibility index (Phi) is 4.02. The van der Waals surface area contributed by atoms with Gasteiger partial charge in [0, 0.05) is 21.2 Å². The van der Waals surface area contributed by atoms with Crippen LogP contribution in [0.4, 0.5) is 5.69 Å².